The topological polar surface area (TPSA) is 55.8 Å². The van der Waals surface area contributed by atoms with E-state index in [0.29, 0.717) is 19.1 Å². The van der Waals surface area contributed by atoms with E-state index in [1.807, 2.05) is 6.92 Å². The molecule has 0 aliphatic carbocycles. The monoisotopic (exact) mass is 269 g/mol. The second-order valence-corrected chi connectivity index (χ2v) is 5.95. The minimum atomic E-state index is -0.732. The standard InChI is InChI=1S/C14H27N3O2/c1-3-15-12(14(18)19)10-17-8-6-13-11(9-17)5-4-7-16(13)2/h11-13,15H,3-10H2,1-2H3,(H,18,19). The lowest BCUT2D eigenvalue weighted by Gasteiger charge is -2.46. The average Bonchev–Trinajstić information content (AvgIpc) is 2.38. The number of nitrogens with zero attached hydrogens (tertiary/aromatic N) is 2. The van der Waals surface area contributed by atoms with Crippen LogP contribution in [0, 0.1) is 5.92 Å². The highest BCUT2D eigenvalue weighted by atomic mass is 16.4. The molecule has 3 atom stereocenters. The zero-order valence-corrected chi connectivity index (χ0v) is 12.1. The van der Waals surface area contributed by atoms with E-state index in [9.17, 15) is 9.90 Å². The van der Waals surface area contributed by atoms with E-state index in [2.05, 4.69) is 22.2 Å². The van der Waals surface area contributed by atoms with Gasteiger partial charge < -0.3 is 20.2 Å². The fraction of sp³-hybridized carbons (Fsp3) is 0.929. The third kappa shape index (κ3) is 3.68. The van der Waals surface area contributed by atoms with E-state index in [1.165, 1.54) is 25.8 Å². The lowest BCUT2D eigenvalue weighted by atomic mass is 9.84. The highest BCUT2D eigenvalue weighted by Gasteiger charge is 2.35. The summed E-state index contributed by atoms with van der Waals surface area (Å²) in [6, 6.07) is 0.287. The lowest BCUT2D eigenvalue weighted by Crippen LogP contribution is -2.55. The van der Waals surface area contributed by atoms with Crippen LogP contribution < -0.4 is 5.32 Å². The van der Waals surface area contributed by atoms with Crippen LogP contribution in [0.25, 0.3) is 0 Å². The predicted octanol–water partition coefficient (Wildman–Crippen LogP) is 0.465. The zero-order valence-electron chi connectivity index (χ0n) is 12.1. The number of rotatable bonds is 5. The van der Waals surface area contributed by atoms with Crippen molar-refractivity contribution in [3.63, 3.8) is 0 Å². The molecule has 19 heavy (non-hydrogen) atoms. The highest BCUT2D eigenvalue weighted by molar-refractivity contribution is 5.73. The number of piperidine rings is 2. The number of likely N-dealkylation sites (tertiary alicyclic amines) is 2. The van der Waals surface area contributed by atoms with Crippen LogP contribution in [0.15, 0.2) is 0 Å². The SMILES string of the molecule is CCNC(CN1CCC2C(CCCN2C)C1)C(=O)O. The van der Waals surface area contributed by atoms with E-state index in [1.54, 1.807) is 0 Å². The van der Waals surface area contributed by atoms with Crippen LogP contribution in [0.3, 0.4) is 0 Å². The van der Waals surface area contributed by atoms with Gasteiger partial charge in [-0.1, -0.05) is 6.92 Å². The number of aliphatic carboxylic acids is 1. The van der Waals surface area contributed by atoms with Crippen molar-refractivity contribution >= 4 is 5.97 Å². The Morgan fingerprint density at radius 3 is 2.89 bits per heavy atom. The molecule has 2 heterocycles. The Labute approximate surface area is 115 Å². The first-order chi connectivity index (χ1) is 9.11. The fourth-order valence-corrected chi connectivity index (χ4v) is 3.63. The smallest absolute Gasteiger partial charge is 0.322 e. The van der Waals surface area contributed by atoms with Crippen molar-refractivity contribution < 1.29 is 9.90 Å². The van der Waals surface area contributed by atoms with Gasteiger partial charge in [0.2, 0.25) is 0 Å². The number of hydrogen-bond acceptors (Lipinski definition) is 4. The van der Waals surface area contributed by atoms with E-state index in [0.717, 1.165) is 19.0 Å². The van der Waals surface area contributed by atoms with E-state index in [-0.39, 0.29) is 0 Å². The van der Waals surface area contributed by atoms with Gasteiger partial charge in [-0.2, -0.15) is 0 Å². The van der Waals surface area contributed by atoms with Crippen LogP contribution in [0.1, 0.15) is 26.2 Å². The summed E-state index contributed by atoms with van der Waals surface area (Å²) >= 11 is 0. The van der Waals surface area contributed by atoms with Crippen molar-refractivity contribution in [2.24, 2.45) is 5.92 Å². The van der Waals surface area contributed by atoms with Gasteiger partial charge in [0.25, 0.3) is 0 Å². The first-order valence-corrected chi connectivity index (χ1v) is 7.50. The van der Waals surface area contributed by atoms with Crippen molar-refractivity contribution in [3.05, 3.63) is 0 Å². The molecule has 2 aliphatic rings. The van der Waals surface area contributed by atoms with Gasteiger partial charge in [0.05, 0.1) is 0 Å². The van der Waals surface area contributed by atoms with Gasteiger partial charge in [0.1, 0.15) is 6.04 Å². The molecule has 5 nitrogen and oxygen atoms in total. The van der Waals surface area contributed by atoms with Crippen molar-refractivity contribution in [1.29, 1.82) is 0 Å². The van der Waals surface area contributed by atoms with Crippen molar-refractivity contribution in [2.45, 2.75) is 38.3 Å². The second-order valence-electron chi connectivity index (χ2n) is 5.95. The van der Waals surface area contributed by atoms with Gasteiger partial charge in [0, 0.05) is 19.1 Å². The van der Waals surface area contributed by atoms with Crippen LogP contribution in [-0.2, 0) is 4.79 Å². The van der Waals surface area contributed by atoms with Crippen molar-refractivity contribution in [1.82, 2.24) is 15.1 Å². The molecule has 2 N–H and O–H groups in total. The minimum absolute atomic E-state index is 0.428. The van der Waals surface area contributed by atoms with Gasteiger partial charge in [-0.3, -0.25) is 4.79 Å². The molecule has 2 saturated heterocycles. The Bertz CT molecular complexity index is 311. The quantitative estimate of drug-likeness (QED) is 0.760. The summed E-state index contributed by atoms with van der Waals surface area (Å²) in [5.41, 5.74) is 0. The maximum Gasteiger partial charge on any atom is 0.322 e. The molecular weight excluding hydrogens is 242 g/mol. The number of carboxylic acids is 1. The molecule has 0 saturated carbocycles. The molecule has 0 aromatic heterocycles. The van der Waals surface area contributed by atoms with Crippen molar-refractivity contribution in [3.8, 4) is 0 Å². The first-order valence-electron chi connectivity index (χ1n) is 7.50. The Morgan fingerprint density at radius 2 is 2.21 bits per heavy atom. The molecule has 2 aliphatic heterocycles. The minimum Gasteiger partial charge on any atom is -0.480 e. The predicted molar refractivity (Wildman–Crippen MR) is 75.3 cm³/mol. The number of fused-ring (bicyclic) bond motifs is 1. The summed E-state index contributed by atoms with van der Waals surface area (Å²) < 4.78 is 0. The number of hydrogen-bond donors (Lipinski definition) is 2. The molecule has 0 aromatic rings. The molecule has 110 valence electrons. The molecular formula is C14H27N3O2. The van der Waals surface area contributed by atoms with Gasteiger partial charge in [0.15, 0.2) is 0 Å². The van der Waals surface area contributed by atoms with Gasteiger partial charge in [-0.15, -0.1) is 0 Å². The third-order valence-electron chi connectivity index (χ3n) is 4.62. The second kappa shape index (κ2) is 6.68. The molecule has 2 fully saturated rings. The molecule has 0 bridgehead atoms. The van der Waals surface area contributed by atoms with Crippen LogP contribution in [0.2, 0.25) is 0 Å². The van der Waals surface area contributed by atoms with Crippen molar-refractivity contribution in [2.75, 3.05) is 39.8 Å². The summed E-state index contributed by atoms with van der Waals surface area (Å²) in [5, 5.41) is 12.3. The number of carboxylic acid groups (broad SMARTS) is 1. The van der Waals surface area contributed by atoms with E-state index >= 15 is 0 Å². The molecule has 3 unspecified atom stereocenters. The van der Waals surface area contributed by atoms with E-state index in [4.69, 9.17) is 0 Å². The Hall–Kier alpha value is -0.650. The van der Waals surface area contributed by atoms with Crippen LogP contribution >= 0.6 is 0 Å². The number of likely N-dealkylation sites (N-methyl/N-ethyl adjacent to an activating group) is 1. The van der Waals surface area contributed by atoms with Crippen LogP contribution in [-0.4, -0.2) is 72.7 Å². The molecule has 5 heteroatoms. The molecule has 0 aromatic carbocycles. The van der Waals surface area contributed by atoms with E-state index < -0.39 is 12.0 Å². The Morgan fingerprint density at radius 1 is 1.42 bits per heavy atom. The highest BCUT2D eigenvalue weighted by Crippen LogP contribution is 2.29. The van der Waals surface area contributed by atoms with Gasteiger partial charge in [-0.05, 0) is 51.9 Å². The average molecular weight is 269 g/mol. The molecule has 0 radical (unpaired) electrons. The lowest BCUT2D eigenvalue weighted by molar-refractivity contribution is -0.140. The Balaban J connectivity index is 1.87. The largest absolute Gasteiger partial charge is 0.480 e. The van der Waals surface area contributed by atoms with Crippen LogP contribution in [0.4, 0.5) is 0 Å². The Kier molecular flexibility index (Phi) is 5.19. The third-order valence-corrected chi connectivity index (χ3v) is 4.62. The summed E-state index contributed by atoms with van der Waals surface area (Å²) in [4.78, 5) is 16.0. The summed E-state index contributed by atoms with van der Waals surface area (Å²) in [5.74, 6) is -0.00620. The number of nitrogens with one attached hydrogen (secondary N) is 1. The van der Waals surface area contributed by atoms with Gasteiger partial charge >= 0.3 is 5.97 Å². The number of carbonyl (C=O) groups is 1. The molecule has 0 amide bonds. The summed E-state index contributed by atoms with van der Waals surface area (Å²) in [6.45, 7) is 6.61. The first kappa shape index (κ1) is 14.8. The fourth-order valence-electron chi connectivity index (χ4n) is 3.63. The summed E-state index contributed by atoms with van der Waals surface area (Å²) in [7, 11) is 2.23. The van der Waals surface area contributed by atoms with Gasteiger partial charge in [-0.25, -0.2) is 0 Å². The van der Waals surface area contributed by atoms with Crippen LogP contribution in [0.5, 0.6) is 0 Å². The maximum atomic E-state index is 11.2. The molecule has 0 spiro atoms. The zero-order chi connectivity index (χ0) is 13.8. The normalized spacial score (nSPS) is 30.8. The molecule has 2 rings (SSSR count). The summed E-state index contributed by atoms with van der Waals surface area (Å²) in [6.07, 6.45) is 3.76. The maximum absolute atomic E-state index is 11.2.